The summed E-state index contributed by atoms with van der Waals surface area (Å²) in [5, 5.41) is 0. The second-order valence-corrected chi connectivity index (χ2v) is 6.83. The summed E-state index contributed by atoms with van der Waals surface area (Å²) >= 11 is 0. The molecule has 0 radical (unpaired) electrons. The molecule has 1 atom stereocenters. The van der Waals surface area contributed by atoms with Crippen molar-refractivity contribution >= 4 is 7.82 Å². The van der Waals surface area contributed by atoms with E-state index < -0.39 is 7.82 Å². The van der Waals surface area contributed by atoms with Crippen LogP contribution in [0.3, 0.4) is 0 Å². The van der Waals surface area contributed by atoms with E-state index in [0.717, 1.165) is 0 Å². The predicted octanol–water partition coefficient (Wildman–Crippen LogP) is 0.394. The van der Waals surface area contributed by atoms with E-state index in [1.165, 1.54) is 0 Å². The highest BCUT2D eigenvalue weighted by molar-refractivity contribution is 7.47. The van der Waals surface area contributed by atoms with E-state index in [4.69, 9.17) is 32.7 Å². The van der Waals surface area contributed by atoms with Gasteiger partial charge in [-0.3, -0.25) is 9.05 Å². The highest BCUT2D eigenvalue weighted by Crippen LogP contribution is 2.42. The lowest BCUT2D eigenvalue weighted by molar-refractivity contribution is -0.0108. The number of phosphoric acid groups is 1. The summed E-state index contributed by atoms with van der Waals surface area (Å²) < 4.78 is 47.1. The van der Waals surface area contributed by atoms with Gasteiger partial charge in [-0.25, -0.2) is 4.57 Å². The molecule has 11 heteroatoms. The van der Waals surface area contributed by atoms with Gasteiger partial charge >= 0.3 is 7.82 Å². The lowest BCUT2D eigenvalue weighted by Gasteiger charge is -2.14. The minimum atomic E-state index is -4.01. The average molecular weight is 403 g/mol. The van der Waals surface area contributed by atoms with Gasteiger partial charge in [0.2, 0.25) is 0 Å². The van der Waals surface area contributed by atoms with Crippen molar-refractivity contribution in [2.24, 2.45) is 0 Å². The van der Waals surface area contributed by atoms with E-state index in [1.54, 1.807) is 7.11 Å². The maximum atomic E-state index is 11.5. The number of likely N-dealkylation sites (N-methyl/N-ethyl adjacent to an activating group) is 1. The molecule has 0 aromatic carbocycles. The molecule has 0 aromatic heterocycles. The van der Waals surface area contributed by atoms with Gasteiger partial charge in [0, 0.05) is 13.7 Å². The first-order valence-corrected chi connectivity index (χ1v) is 10.0. The zero-order valence-electron chi connectivity index (χ0n) is 16.1. The molecule has 0 saturated carbocycles. The molecule has 0 spiro atoms. The Balaban J connectivity index is 3.24. The minimum Gasteiger partial charge on any atom is -0.382 e. The molecule has 0 bridgehead atoms. The number of hydrogen-bond donors (Lipinski definition) is 1. The van der Waals surface area contributed by atoms with Crippen molar-refractivity contribution in [3.05, 3.63) is 0 Å². The first-order valence-electron chi connectivity index (χ1n) is 8.54. The van der Waals surface area contributed by atoms with Crippen molar-refractivity contribution in [1.29, 1.82) is 0 Å². The Morgan fingerprint density at radius 3 is 1.50 bits per heavy atom. The second kappa shape index (κ2) is 18.2. The molecule has 26 heavy (non-hydrogen) atoms. The number of methoxy groups -OCH3 is 1. The van der Waals surface area contributed by atoms with Gasteiger partial charge in [-0.1, -0.05) is 0 Å². The zero-order valence-corrected chi connectivity index (χ0v) is 17.0. The van der Waals surface area contributed by atoms with E-state index in [-0.39, 0.29) is 19.8 Å². The molecule has 0 rings (SSSR count). The Bertz CT molecular complexity index is 347. The molecular weight excluding hydrogens is 369 g/mol. The average Bonchev–Trinajstić information content (AvgIpc) is 2.57. The van der Waals surface area contributed by atoms with Crippen molar-refractivity contribution < 1.29 is 42.2 Å². The SMILES string of the molecule is COCCOCCOCCOCCOCCOP(=O)(O)OCCN(C)C. The smallest absolute Gasteiger partial charge is 0.382 e. The molecule has 158 valence electrons. The van der Waals surface area contributed by atoms with Crippen LogP contribution in [0.25, 0.3) is 0 Å². The van der Waals surface area contributed by atoms with E-state index in [0.29, 0.717) is 59.4 Å². The van der Waals surface area contributed by atoms with Gasteiger partial charge in [0.1, 0.15) is 0 Å². The first-order chi connectivity index (χ1) is 12.5. The number of ether oxygens (including phenoxy) is 5. The van der Waals surface area contributed by atoms with Crippen LogP contribution in [-0.4, -0.2) is 110 Å². The van der Waals surface area contributed by atoms with E-state index in [2.05, 4.69) is 0 Å². The lowest BCUT2D eigenvalue weighted by atomic mass is 10.6. The normalized spacial score (nSPS) is 14.0. The number of phosphoric ester groups is 1. The van der Waals surface area contributed by atoms with Crippen LogP contribution in [0.4, 0.5) is 0 Å². The summed E-state index contributed by atoms with van der Waals surface area (Å²) in [6, 6.07) is 0. The fraction of sp³-hybridized carbons (Fsp3) is 1.00. The van der Waals surface area contributed by atoms with Crippen molar-refractivity contribution in [1.82, 2.24) is 4.90 Å². The van der Waals surface area contributed by atoms with Gasteiger partial charge in [-0.15, -0.1) is 0 Å². The largest absolute Gasteiger partial charge is 0.472 e. The molecule has 0 fully saturated rings. The van der Waals surface area contributed by atoms with Crippen LogP contribution < -0.4 is 0 Å². The summed E-state index contributed by atoms with van der Waals surface area (Å²) in [7, 11) is 1.30. The van der Waals surface area contributed by atoms with Gasteiger partial charge < -0.3 is 33.5 Å². The standard InChI is InChI=1S/C15H34NO9P/c1-16(2)4-5-24-26(17,18)25-15-14-23-13-12-22-11-10-21-9-8-20-7-6-19-3/h4-15H2,1-3H3,(H,17,18). The molecule has 0 aliphatic carbocycles. The molecule has 0 amide bonds. The maximum absolute atomic E-state index is 11.5. The highest BCUT2D eigenvalue weighted by atomic mass is 31.2. The molecular formula is C15H34NO9P. The third-order valence-corrected chi connectivity index (χ3v) is 3.84. The monoisotopic (exact) mass is 403 g/mol. The van der Waals surface area contributed by atoms with Crippen molar-refractivity contribution in [2.45, 2.75) is 0 Å². The molecule has 0 aliphatic rings. The van der Waals surface area contributed by atoms with Gasteiger partial charge in [-0.05, 0) is 14.1 Å². The van der Waals surface area contributed by atoms with E-state index in [1.807, 2.05) is 19.0 Å². The van der Waals surface area contributed by atoms with Crippen LogP contribution in [0.2, 0.25) is 0 Å². The van der Waals surface area contributed by atoms with Crippen LogP contribution in [0.5, 0.6) is 0 Å². The summed E-state index contributed by atoms with van der Waals surface area (Å²) in [6.07, 6.45) is 0. The topological polar surface area (TPSA) is 105 Å². The van der Waals surface area contributed by atoms with Crippen molar-refractivity contribution in [3.63, 3.8) is 0 Å². The summed E-state index contributed by atoms with van der Waals surface area (Å²) in [6.45, 7) is 4.70. The third-order valence-electron chi connectivity index (χ3n) is 2.82. The third kappa shape index (κ3) is 20.2. The molecule has 0 heterocycles. The summed E-state index contributed by atoms with van der Waals surface area (Å²) in [5.74, 6) is 0. The van der Waals surface area contributed by atoms with Crippen molar-refractivity contribution in [2.75, 3.05) is 100 Å². The van der Waals surface area contributed by atoms with Crippen LogP contribution in [-0.2, 0) is 37.3 Å². The Kier molecular flexibility index (Phi) is 18.2. The number of nitrogens with zero attached hydrogens (tertiary/aromatic N) is 1. The molecule has 0 aromatic rings. The molecule has 1 unspecified atom stereocenters. The minimum absolute atomic E-state index is 0.0259. The lowest BCUT2D eigenvalue weighted by Crippen LogP contribution is -2.18. The Labute approximate surface area is 156 Å². The fourth-order valence-corrected chi connectivity index (χ4v) is 2.18. The van der Waals surface area contributed by atoms with Crippen LogP contribution in [0, 0.1) is 0 Å². The second-order valence-electron chi connectivity index (χ2n) is 5.38. The van der Waals surface area contributed by atoms with Crippen LogP contribution in [0.1, 0.15) is 0 Å². The quantitative estimate of drug-likeness (QED) is 0.227. The van der Waals surface area contributed by atoms with Gasteiger partial charge in [0.05, 0.1) is 72.7 Å². The Morgan fingerprint density at radius 1 is 0.692 bits per heavy atom. The molecule has 1 N–H and O–H groups in total. The fourth-order valence-electron chi connectivity index (χ4n) is 1.49. The molecule has 0 saturated heterocycles. The molecule has 0 aliphatic heterocycles. The summed E-state index contributed by atoms with van der Waals surface area (Å²) in [5.41, 5.74) is 0. The van der Waals surface area contributed by atoms with E-state index >= 15 is 0 Å². The number of rotatable bonds is 20. The van der Waals surface area contributed by atoms with Gasteiger partial charge in [0.15, 0.2) is 0 Å². The summed E-state index contributed by atoms with van der Waals surface area (Å²) in [4.78, 5) is 11.3. The van der Waals surface area contributed by atoms with Gasteiger partial charge in [0.25, 0.3) is 0 Å². The van der Waals surface area contributed by atoms with Gasteiger partial charge in [-0.2, -0.15) is 0 Å². The first kappa shape index (κ1) is 25.9. The maximum Gasteiger partial charge on any atom is 0.472 e. The Hall–Kier alpha value is -0.130. The van der Waals surface area contributed by atoms with Crippen molar-refractivity contribution in [3.8, 4) is 0 Å². The predicted molar refractivity (Wildman–Crippen MR) is 95.4 cm³/mol. The zero-order chi connectivity index (χ0) is 19.5. The van der Waals surface area contributed by atoms with E-state index in [9.17, 15) is 9.46 Å². The Morgan fingerprint density at radius 2 is 1.08 bits per heavy atom. The van der Waals surface area contributed by atoms with Crippen LogP contribution >= 0.6 is 7.82 Å². The van der Waals surface area contributed by atoms with Crippen LogP contribution in [0.15, 0.2) is 0 Å². The number of hydrogen-bond acceptors (Lipinski definition) is 9. The highest BCUT2D eigenvalue weighted by Gasteiger charge is 2.20. The molecule has 10 nitrogen and oxygen atoms in total.